The van der Waals surface area contributed by atoms with E-state index in [-0.39, 0.29) is 10.3 Å². The number of aromatic amines is 1. The Bertz CT molecular complexity index is 1080. The molecule has 2 atom stereocenters. The van der Waals surface area contributed by atoms with Crippen molar-refractivity contribution in [3.63, 3.8) is 0 Å². The predicted molar refractivity (Wildman–Crippen MR) is 74.6 cm³/mol. The molecule has 1 aliphatic rings. The minimum atomic E-state index is -2.43. The van der Waals surface area contributed by atoms with Crippen molar-refractivity contribution in [2.24, 2.45) is 5.92 Å². The summed E-state index contributed by atoms with van der Waals surface area (Å²) in [5.41, 5.74) is -3.31. The number of fused-ring (bicyclic) bond motifs is 1. The van der Waals surface area contributed by atoms with Gasteiger partial charge in [0, 0.05) is 5.56 Å². The van der Waals surface area contributed by atoms with Crippen molar-refractivity contribution in [3.8, 4) is 6.07 Å². The number of aromatic nitrogens is 2. The van der Waals surface area contributed by atoms with Crippen LogP contribution in [0, 0.1) is 61.7 Å². The first-order valence-electron chi connectivity index (χ1n) is 6.95. The fraction of sp³-hybridized carbons (Fsp3) is 0.143. The van der Waals surface area contributed by atoms with E-state index in [0.29, 0.717) is 0 Å². The van der Waals surface area contributed by atoms with Crippen LogP contribution in [0.25, 0.3) is 6.08 Å². The van der Waals surface area contributed by atoms with Crippen molar-refractivity contribution in [3.05, 3.63) is 67.4 Å². The molecule has 13 heteroatoms. The van der Waals surface area contributed by atoms with Gasteiger partial charge in [0.05, 0.1) is 17.9 Å². The highest BCUT2D eigenvalue weighted by Gasteiger charge is 2.44. The molecule has 0 bridgehead atoms. The van der Waals surface area contributed by atoms with Gasteiger partial charge in [-0.05, 0) is 11.0 Å². The zero-order valence-electron chi connectivity index (χ0n) is 12.7. The maximum Gasteiger partial charge on any atom is 0.288 e. The second-order valence-corrected chi connectivity index (χ2v) is 5.33. The van der Waals surface area contributed by atoms with Gasteiger partial charge in [0.25, 0.3) is 17.1 Å². The zero-order valence-corrected chi connectivity index (χ0v) is 12.7. The Morgan fingerprint density at radius 2 is 1.70 bits per heavy atom. The van der Waals surface area contributed by atoms with Crippen molar-refractivity contribution < 1.29 is 36.1 Å². The summed E-state index contributed by atoms with van der Waals surface area (Å²) in [5, 5.41) is 34.0. The van der Waals surface area contributed by atoms with Crippen LogP contribution in [-0.4, -0.2) is 15.8 Å². The summed E-state index contributed by atoms with van der Waals surface area (Å²) in [6.45, 7) is 0. The minimum absolute atomic E-state index is 0.134. The van der Waals surface area contributed by atoms with E-state index in [1.165, 1.54) is 6.07 Å². The number of nitrogens with zero attached hydrogens (tertiary/aromatic N) is 3. The van der Waals surface area contributed by atoms with Crippen molar-refractivity contribution in [2.75, 3.05) is 0 Å². The lowest BCUT2D eigenvalue weighted by Crippen LogP contribution is -2.32. The van der Waals surface area contributed by atoms with E-state index in [9.17, 15) is 42.5 Å². The first-order valence-corrected chi connectivity index (χ1v) is 6.95. The maximum absolute atomic E-state index is 14.1. The third-order valence-electron chi connectivity index (χ3n) is 3.97. The first kappa shape index (κ1) is 18.1. The summed E-state index contributed by atoms with van der Waals surface area (Å²) in [4.78, 5) is 10.3. The Morgan fingerprint density at radius 3 is 2.22 bits per heavy atom. The minimum Gasteiger partial charge on any atom is -0.612 e. The van der Waals surface area contributed by atoms with E-state index < -0.39 is 62.8 Å². The fourth-order valence-electron chi connectivity index (χ4n) is 2.76. The van der Waals surface area contributed by atoms with Crippen LogP contribution in [0.2, 0.25) is 0 Å². The standard InChI is InChI=1S/C14H5F5N4O4/c15-8-7(9(16)11(18)12(19)10(8)17)5(3-20)4-1-2-6-13(14(4)22(24)25)21-27-23(6)26/h1-2,4-5,21H. The third-order valence-corrected chi connectivity index (χ3v) is 3.97. The van der Waals surface area contributed by atoms with Crippen LogP contribution >= 0.6 is 0 Å². The van der Waals surface area contributed by atoms with Gasteiger partial charge in [0.15, 0.2) is 27.9 Å². The number of rotatable bonds is 2. The Labute approximate surface area is 144 Å². The van der Waals surface area contributed by atoms with Gasteiger partial charge in [0.1, 0.15) is 0 Å². The summed E-state index contributed by atoms with van der Waals surface area (Å²) in [5.74, 6) is -15.5. The zero-order chi connectivity index (χ0) is 20.0. The van der Waals surface area contributed by atoms with Crippen LogP contribution in [0.4, 0.5) is 22.0 Å². The molecule has 0 aliphatic heterocycles. The van der Waals surface area contributed by atoms with Gasteiger partial charge >= 0.3 is 0 Å². The van der Waals surface area contributed by atoms with Gasteiger partial charge in [-0.1, -0.05) is 15.9 Å². The molecule has 1 aromatic carbocycles. The number of hydrogen-bond acceptors (Lipinski definition) is 5. The molecule has 0 saturated heterocycles. The highest BCUT2D eigenvalue weighted by Crippen LogP contribution is 2.37. The van der Waals surface area contributed by atoms with Crippen LogP contribution < -0.4 is 4.60 Å². The summed E-state index contributed by atoms with van der Waals surface area (Å²) < 4.78 is 72.5. The van der Waals surface area contributed by atoms with Crippen LogP contribution in [0.3, 0.4) is 0 Å². The van der Waals surface area contributed by atoms with Crippen LogP contribution in [-0.2, 0) is 0 Å². The topological polar surface area (TPSA) is 125 Å². The van der Waals surface area contributed by atoms with Gasteiger partial charge in [-0.15, -0.1) is 0 Å². The molecule has 3 rings (SSSR count). The summed E-state index contributed by atoms with van der Waals surface area (Å²) in [6.07, 6.45) is 1.82. The second kappa shape index (κ2) is 6.24. The molecule has 1 N–H and O–H groups in total. The molecule has 2 aromatic rings. The average Bonchev–Trinajstić information content (AvgIpc) is 3.02. The van der Waals surface area contributed by atoms with Crippen LogP contribution in [0.1, 0.15) is 22.9 Å². The number of hydrogen-bond donors (Lipinski definition) is 1. The van der Waals surface area contributed by atoms with Gasteiger partial charge in [0.2, 0.25) is 5.82 Å². The molecule has 0 spiro atoms. The molecule has 2 unspecified atom stereocenters. The molecule has 140 valence electrons. The number of nitriles is 1. The molecule has 8 nitrogen and oxygen atoms in total. The van der Waals surface area contributed by atoms with E-state index in [0.717, 1.165) is 12.2 Å². The highest BCUT2D eigenvalue weighted by atomic mass is 19.2. The average molecular weight is 388 g/mol. The first-order chi connectivity index (χ1) is 12.7. The van der Waals surface area contributed by atoms with Crippen molar-refractivity contribution in [1.29, 1.82) is 5.26 Å². The lowest BCUT2D eigenvalue weighted by Gasteiger charge is -2.22. The molecule has 0 fully saturated rings. The van der Waals surface area contributed by atoms with Gasteiger partial charge in [-0.2, -0.15) is 10.2 Å². The van der Waals surface area contributed by atoms with E-state index in [4.69, 9.17) is 0 Å². The quantitative estimate of drug-likeness (QED) is 0.277. The SMILES string of the molecule is N#CC(c1c(F)c(F)c(F)c(F)c1F)C1C=Cc2c([nH]o[n+]2=O)C1=[N+]([O-])[O-]. The number of benzene rings is 1. The summed E-state index contributed by atoms with van der Waals surface area (Å²) >= 11 is 0. The Balaban J connectivity index is 2.26. The molecular weight excluding hydrogens is 383 g/mol. The van der Waals surface area contributed by atoms with Crippen LogP contribution in [0.15, 0.2) is 10.7 Å². The van der Waals surface area contributed by atoms with Gasteiger partial charge < -0.3 is 10.4 Å². The smallest absolute Gasteiger partial charge is 0.288 e. The Kier molecular flexibility index (Phi) is 4.18. The molecule has 1 aliphatic carbocycles. The summed E-state index contributed by atoms with van der Waals surface area (Å²) in [7, 11) is 0. The van der Waals surface area contributed by atoms with E-state index in [2.05, 4.69) is 4.63 Å². The van der Waals surface area contributed by atoms with Crippen molar-refractivity contribution >= 4 is 11.8 Å². The maximum atomic E-state index is 14.1. The highest BCUT2D eigenvalue weighted by molar-refractivity contribution is 6.03. The van der Waals surface area contributed by atoms with Crippen molar-refractivity contribution in [2.45, 2.75) is 5.92 Å². The Morgan fingerprint density at radius 1 is 1.15 bits per heavy atom. The van der Waals surface area contributed by atoms with E-state index in [1.54, 1.807) is 0 Å². The van der Waals surface area contributed by atoms with E-state index in [1.807, 2.05) is 5.16 Å². The van der Waals surface area contributed by atoms with Crippen molar-refractivity contribution in [1.82, 2.24) is 5.16 Å². The molecule has 0 radical (unpaired) electrons. The number of halogens is 5. The van der Waals surface area contributed by atoms with Crippen LogP contribution in [0.5, 0.6) is 0 Å². The molecule has 0 amide bonds. The lowest BCUT2D eigenvalue weighted by atomic mass is 9.79. The number of nitrogens with one attached hydrogen (secondary N) is 1. The van der Waals surface area contributed by atoms with E-state index >= 15 is 0 Å². The third kappa shape index (κ3) is 2.53. The summed E-state index contributed by atoms with van der Waals surface area (Å²) in [6, 6.07) is 1.32. The normalized spacial score (nSPS) is 16.7. The molecule has 1 aromatic heterocycles. The largest absolute Gasteiger partial charge is 0.612 e. The lowest BCUT2D eigenvalue weighted by molar-refractivity contribution is -0.714. The van der Waals surface area contributed by atoms with Gasteiger partial charge in [-0.25, -0.2) is 22.0 Å². The molecular formula is C14H5F5N4O4. The number of H-pyrrole nitrogens is 1. The Hall–Kier alpha value is -3.69. The fourth-order valence-corrected chi connectivity index (χ4v) is 2.76. The molecule has 0 saturated carbocycles. The second-order valence-electron chi connectivity index (χ2n) is 5.33. The molecule has 1 heterocycles. The predicted octanol–water partition coefficient (Wildman–Crippen LogP) is 1.97. The monoisotopic (exact) mass is 388 g/mol. The molecule has 27 heavy (non-hydrogen) atoms. The number of allylic oxidation sites excluding steroid dienone is 1. The van der Waals surface area contributed by atoms with Gasteiger partial charge in [-0.3, -0.25) is 0 Å².